The number of hydrogen-bond donors (Lipinski definition) is 1. The lowest BCUT2D eigenvalue weighted by atomic mass is 9.63. The fourth-order valence-corrected chi connectivity index (χ4v) is 4.44. The second-order valence-electron chi connectivity index (χ2n) is 7.76. The van der Waals surface area contributed by atoms with Crippen LogP contribution in [0.5, 0.6) is 0 Å². The van der Waals surface area contributed by atoms with E-state index >= 15 is 0 Å². The molecular formula is C18H37NOS. The predicted molar refractivity (Wildman–Crippen MR) is 96.2 cm³/mol. The van der Waals surface area contributed by atoms with E-state index in [2.05, 4.69) is 44.8 Å². The van der Waals surface area contributed by atoms with Gasteiger partial charge in [0.05, 0.1) is 6.61 Å². The molecule has 1 N–H and O–H groups in total. The van der Waals surface area contributed by atoms with E-state index in [1.54, 1.807) is 7.11 Å². The Morgan fingerprint density at radius 2 is 1.90 bits per heavy atom. The van der Waals surface area contributed by atoms with E-state index in [1.165, 1.54) is 50.2 Å². The molecule has 0 atom stereocenters. The largest absolute Gasteiger partial charge is 0.383 e. The van der Waals surface area contributed by atoms with Crippen LogP contribution < -0.4 is 5.32 Å². The fraction of sp³-hybridized carbons (Fsp3) is 1.00. The summed E-state index contributed by atoms with van der Waals surface area (Å²) in [5, 5.41) is 3.64. The van der Waals surface area contributed by atoms with Crippen LogP contribution in [-0.4, -0.2) is 38.3 Å². The first-order valence-corrected chi connectivity index (χ1v) is 9.86. The third-order valence-corrected chi connectivity index (χ3v) is 6.14. The van der Waals surface area contributed by atoms with Crippen molar-refractivity contribution in [2.24, 2.45) is 16.7 Å². The molecule has 0 aromatic carbocycles. The van der Waals surface area contributed by atoms with Crippen LogP contribution in [0.1, 0.15) is 59.8 Å². The maximum atomic E-state index is 5.16. The van der Waals surface area contributed by atoms with Crippen molar-refractivity contribution in [3.63, 3.8) is 0 Å². The predicted octanol–water partition coefficient (Wildman–Crippen LogP) is 4.59. The number of ether oxygens (including phenoxy) is 1. The highest BCUT2D eigenvalue weighted by Gasteiger charge is 2.38. The SMILES string of the molecule is CCSCCC1(CNCCOC)CCC(C(C)(C)C)CC1. The van der Waals surface area contributed by atoms with E-state index in [9.17, 15) is 0 Å². The van der Waals surface area contributed by atoms with Crippen molar-refractivity contribution in [1.82, 2.24) is 5.32 Å². The number of hydrogen-bond acceptors (Lipinski definition) is 3. The van der Waals surface area contributed by atoms with Crippen LogP contribution >= 0.6 is 11.8 Å². The zero-order valence-electron chi connectivity index (χ0n) is 15.0. The topological polar surface area (TPSA) is 21.3 Å². The van der Waals surface area contributed by atoms with Gasteiger partial charge in [0.1, 0.15) is 0 Å². The number of thioether (sulfide) groups is 1. The van der Waals surface area contributed by atoms with Gasteiger partial charge in [-0.1, -0.05) is 27.7 Å². The lowest BCUT2D eigenvalue weighted by molar-refractivity contribution is 0.0822. The third-order valence-electron chi connectivity index (χ3n) is 5.23. The van der Waals surface area contributed by atoms with Crippen LogP contribution in [0.4, 0.5) is 0 Å². The van der Waals surface area contributed by atoms with E-state index in [1.807, 2.05) is 0 Å². The fourth-order valence-electron chi connectivity index (χ4n) is 3.57. The second-order valence-corrected chi connectivity index (χ2v) is 9.15. The molecule has 0 bridgehead atoms. The van der Waals surface area contributed by atoms with Crippen LogP contribution in [0, 0.1) is 16.7 Å². The molecule has 2 nitrogen and oxygen atoms in total. The lowest BCUT2D eigenvalue weighted by Crippen LogP contribution is -2.41. The van der Waals surface area contributed by atoms with Crippen LogP contribution in [0.2, 0.25) is 0 Å². The van der Waals surface area contributed by atoms with Crippen molar-refractivity contribution in [3.8, 4) is 0 Å². The first-order chi connectivity index (χ1) is 9.93. The van der Waals surface area contributed by atoms with Gasteiger partial charge in [0.15, 0.2) is 0 Å². The Labute approximate surface area is 137 Å². The minimum absolute atomic E-state index is 0.480. The van der Waals surface area contributed by atoms with Crippen LogP contribution in [-0.2, 0) is 4.74 Å². The van der Waals surface area contributed by atoms with Gasteiger partial charge in [-0.3, -0.25) is 0 Å². The highest BCUT2D eigenvalue weighted by molar-refractivity contribution is 7.99. The zero-order chi connectivity index (χ0) is 15.8. The normalized spacial score (nSPS) is 27.0. The Morgan fingerprint density at radius 1 is 1.24 bits per heavy atom. The maximum Gasteiger partial charge on any atom is 0.0587 e. The van der Waals surface area contributed by atoms with Gasteiger partial charge < -0.3 is 10.1 Å². The Kier molecular flexibility index (Phi) is 8.66. The average Bonchev–Trinajstić information content (AvgIpc) is 2.44. The molecule has 0 radical (unpaired) electrons. The summed E-state index contributed by atoms with van der Waals surface area (Å²) in [7, 11) is 1.78. The molecule has 1 rings (SSSR count). The number of nitrogens with one attached hydrogen (secondary N) is 1. The Balaban J connectivity index is 2.50. The molecule has 0 amide bonds. The minimum Gasteiger partial charge on any atom is -0.383 e. The summed E-state index contributed by atoms with van der Waals surface area (Å²) in [5.74, 6) is 3.48. The molecule has 126 valence electrons. The Hall–Kier alpha value is 0.270. The lowest BCUT2D eigenvalue weighted by Gasteiger charge is -2.44. The van der Waals surface area contributed by atoms with Crippen molar-refractivity contribution in [2.45, 2.75) is 59.8 Å². The molecule has 0 aromatic rings. The van der Waals surface area contributed by atoms with Gasteiger partial charge in [0.2, 0.25) is 0 Å². The monoisotopic (exact) mass is 315 g/mol. The summed E-state index contributed by atoms with van der Waals surface area (Å²) in [5.41, 5.74) is 1.02. The average molecular weight is 316 g/mol. The van der Waals surface area contributed by atoms with E-state index in [-0.39, 0.29) is 0 Å². The van der Waals surface area contributed by atoms with Crippen LogP contribution in [0.3, 0.4) is 0 Å². The van der Waals surface area contributed by atoms with Gasteiger partial charge in [-0.15, -0.1) is 0 Å². The number of methoxy groups -OCH3 is 1. The van der Waals surface area contributed by atoms with Gasteiger partial charge >= 0.3 is 0 Å². The minimum atomic E-state index is 0.480. The maximum absolute atomic E-state index is 5.16. The summed E-state index contributed by atoms with van der Waals surface area (Å²) in [6.45, 7) is 12.5. The van der Waals surface area contributed by atoms with Gasteiger partial charge in [0.25, 0.3) is 0 Å². The molecule has 0 unspecified atom stereocenters. The molecular weight excluding hydrogens is 278 g/mol. The van der Waals surface area contributed by atoms with Crippen molar-refractivity contribution in [1.29, 1.82) is 0 Å². The van der Waals surface area contributed by atoms with Crippen molar-refractivity contribution in [3.05, 3.63) is 0 Å². The third kappa shape index (κ3) is 6.92. The molecule has 1 aliphatic carbocycles. The Morgan fingerprint density at radius 3 is 2.43 bits per heavy atom. The zero-order valence-corrected chi connectivity index (χ0v) is 15.8. The molecule has 0 aromatic heterocycles. The van der Waals surface area contributed by atoms with E-state index < -0.39 is 0 Å². The summed E-state index contributed by atoms with van der Waals surface area (Å²) >= 11 is 2.10. The molecule has 0 saturated heterocycles. The molecule has 3 heteroatoms. The quantitative estimate of drug-likeness (QED) is 0.629. The van der Waals surface area contributed by atoms with Crippen molar-refractivity contribution < 1.29 is 4.74 Å². The Bertz CT molecular complexity index is 267. The van der Waals surface area contributed by atoms with Gasteiger partial charge in [0, 0.05) is 20.2 Å². The van der Waals surface area contributed by atoms with Gasteiger partial charge in [-0.05, 0) is 60.4 Å². The van der Waals surface area contributed by atoms with E-state index in [4.69, 9.17) is 4.74 Å². The summed E-state index contributed by atoms with van der Waals surface area (Å²) in [6, 6.07) is 0. The molecule has 1 saturated carbocycles. The molecule has 21 heavy (non-hydrogen) atoms. The smallest absolute Gasteiger partial charge is 0.0587 e. The van der Waals surface area contributed by atoms with Gasteiger partial charge in [-0.2, -0.15) is 11.8 Å². The molecule has 0 heterocycles. The van der Waals surface area contributed by atoms with Crippen LogP contribution in [0.25, 0.3) is 0 Å². The molecule has 0 aliphatic heterocycles. The van der Waals surface area contributed by atoms with Crippen molar-refractivity contribution >= 4 is 11.8 Å². The first-order valence-electron chi connectivity index (χ1n) is 8.71. The summed E-state index contributed by atoms with van der Waals surface area (Å²) in [6.07, 6.45) is 7.00. The summed E-state index contributed by atoms with van der Waals surface area (Å²) in [4.78, 5) is 0. The highest BCUT2D eigenvalue weighted by Crippen LogP contribution is 2.47. The van der Waals surface area contributed by atoms with E-state index in [0.29, 0.717) is 10.8 Å². The molecule has 1 fully saturated rings. The highest BCUT2D eigenvalue weighted by atomic mass is 32.2. The standard InChI is InChI=1S/C18H37NOS/c1-6-21-14-11-18(15-19-12-13-20-5)9-7-16(8-10-18)17(2,3)4/h16,19H,6-15H2,1-5H3. The summed E-state index contributed by atoms with van der Waals surface area (Å²) < 4.78 is 5.16. The second kappa shape index (κ2) is 9.42. The first kappa shape index (κ1) is 19.3. The van der Waals surface area contributed by atoms with Gasteiger partial charge in [-0.25, -0.2) is 0 Å². The van der Waals surface area contributed by atoms with Crippen molar-refractivity contribution in [2.75, 3.05) is 38.3 Å². The molecule has 0 spiro atoms. The van der Waals surface area contributed by atoms with Crippen LogP contribution in [0.15, 0.2) is 0 Å². The number of rotatable bonds is 9. The molecule has 1 aliphatic rings. The van der Waals surface area contributed by atoms with E-state index in [0.717, 1.165) is 19.1 Å².